The number of aliphatic imine (C=N–C) groups is 1. The zero-order valence-corrected chi connectivity index (χ0v) is 17.1. The minimum Gasteiger partial charge on any atom is -0.385 e. The van der Waals surface area contributed by atoms with Crippen LogP contribution < -0.4 is 5.32 Å². The van der Waals surface area contributed by atoms with Crippen LogP contribution in [0.2, 0.25) is 0 Å². The van der Waals surface area contributed by atoms with Gasteiger partial charge in [-0.3, -0.25) is 4.99 Å². The third-order valence-corrected chi connectivity index (χ3v) is 8.28. The van der Waals surface area contributed by atoms with E-state index in [0.29, 0.717) is 13.1 Å². The number of nitrogens with one attached hydrogen (secondary N) is 1. The van der Waals surface area contributed by atoms with Crippen molar-refractivity contribution < 1.29 is 13.2 Å². The Balaban J connectivity index is 2.12. The number of hydrogen-bond donors (Lipinski definition) is 1. The molecule has 0 radical (unpaired) electrons. The smallest absolute Gasteiger partial charge is 0.194 e. The molecule has 0 atom stereocenters. The number of nitrogens with zero attached hydrogens (tertiary/aromatic N) is 2. The van der Waals surface area contributed by atoms with Crippen molar-refractivity contribution in [2.45, 2.75) is 57.6 Å². The van der Waals surface area contributed by atoms with Gasteiger partial charge in [-0.1, -0.05) is 12.8 Å². The van der Waals surface area contributed by atoms with Crippen molar-refractivity contribution in [3.63, 3.8) is 0 Å². The van der Waals surface area contributed by atoms with Gasteiger partial charge in [0.25, 0.3) is 0 Å². The van der Waals surface area contributed by atoms with Crippen LogP contribution in [0.15, 0.2) is 4.99 Å². The van der Waals surface area contributed by atoms with Gasteiger partial charge in [0.2, 0.25) is 0 Å². The van der Waals surface area contributed by atoms with Crippen molar-refractivity contribution in [3.05, 3.63) is 0 Å². The van der Waals surface area contributed by atoms with Crippen molar-refractivity contribution in [3.8, 4) is 0 Å². The molecule has 1 aliphatic heterocycles. The molecule has 7 heteroatoms. The van der Waals surface area contributed by atoms with Crippen molar-refractivity contribution >= 4 is 15.8 Å². The van der Waals surface area contributed by atoms with Gasteiger partial charge in [0.1, 0.15) is 0 Å². The normalized spacial score (nSPS) is 25.1. The number of ether oxygens (including phenoxy) is 1. The maximum absolute atomic E-state index is 12.3. The summed E-state index contributed by atoms with van der Waals surface area (Å²) >= 11 is 0. The van der Waals surface area contributed by atoms with Gasteiger partial charge in [0, 0.05) is 39.9 Å². The Hall–Kier alpha value is -0.820. The van der Waals surface area contributed by atoms with Crippen LogP contribution in [0.3, 0.4) is 0 Å². The molecule has 2 aliphatic rings. The summed E-state index contributed by atoms with van der Waals surface area (Å²) in [5, 5.41) is 3.36. The monoisotopic (exact) mass is 373 g/mol. The highest BCUT2D eigenvalue weighted by Gasteiger charge is 2.41. The fourth-order valence-corrected chi connectivity index (χ4v) is 5.29. The molecule has 146 valence electrons. The van der Waals surface area contributed by atoms with Gasteiger partial charge in [-0.05, 0) is 45.4 Å². The molecule has 0 bridgehead atoms. The fraction of sp³-hybridized carbons (Fsp3) is 0.944. The van der Waals surface area contributed by atoms with Gasteiger partial charge in [-0.2, -0.15) is 0 Å². The van der Waals surface area contributed by atoms with Gasteiger partial charge in [0.05, 0.1) is 10.5 Å². The van der Waals surface area contributed by atoms with E-state index in [4.69, 9.17) is 9.73 Å². The predicted molar refractivity (Wildman–Crippen MR) is 103 cm³/mol. The summed E-state index contributed by atoms with van der Waals surface area (Å²) in [6.45, 7) is 9.05. The van der Waals surface area contributed by atoms with Crippen LogP contribution in [-0.2, 0) is 14.6 Å². The SMILES string of the molecule is CCNC(=NCC1(CCOC)CCCC1)N1CCS(=O)(=O)C(C)(C)C1. The molecule has 0 aromatic rings. The molecule has 6 nitrogen and oxygen atoms in total. The first-order valence-corrected chi connectivity index (χ1v) is 11.1. The molecular weight excluding hydrogens is 338 g/mol. The van der Waals surface area contributed by atoms with E-state index in [1.54, 1.807) is 7.11 Å². The molecule has 0 spiro atoms. The third kappa shape index (κ3) is 4.88. The highest BCUT2D eigenvalue weighted by atomic mass is 32.2. The van der Waals surface area contributed by atoms with Gasteiger partial charge in [-0.15, -0.1) is 0 Å². The van der Waals surface area contributed by atoms with Crippen LogP contribution in [0.5, 0.6) is 0 Å². The molecule has 2 rings (SSSR count). The van der Waals surface area contributed by atoms with Crippen molar-refractivity contribution in [1.82, 2.24) is 10.2 Å². The largest absolute Gasteiger partial charge is 0.385 e. The second-order valence-corrected chi connectivity index (χ2v) is 10.9. The highest BCUT2D eigenvalue weighted by molar-refractivity contribution is 7.92. The number of sulfone groups is 1. The summed E-state index contributed by atoms with van der Waals surface area (Å²) in [4.78, 5) is 7.05. The molecule has 0 aromatic heterocycles. The standard InChI is InChI=1S/C18H35N3O3S/c1-5-19-16(21-11-13-25(22,23)17(2,3)15-21)20-14-18(10-12-24-4)8-6-7-9-18/h5-15H2,1-4H3,(H,19,20). The summed E-state index contributed by atoms with van der Waals surface area (Å²) in [5.41, 5.74) is 0.244. The summed E-state index contributed by atoms with van der Waals surface area (Å²) in [6, 6.07) is 0. The third-order valence-electron chi connectivity index (χ3n) is 5.74. The van der Waals surface area contributed by atoms with E-state index in [1.165, 1.54) is 25.7 Å². The highest BCUT2D eigenvalue weighted by Crippen LogP contribution is 2.41. The number of rotatable bonds is 6. The average molecular weight is 374 g/mol. The molecule has 0 aromatic carbocycles. The first-order chi connectivity index (χ1) is 11.8. The van der Waals surface area contributed by atoms with E-state index in [-0.39, 0.29) is 11.2 Å². The lowest BCUT2D eigenvalue weighted by molar-refractivity contribution is 0.141. The van der Waals surface area contributed by atoms with Crippen molar-refractivity contribution in [1.29, 1.82) is 0 Å². The van der Waals surface area contributed by atoms with Gasteiger partial charge >= 0.3 is 0 Å². The lowest BCUT2D eigenvalue weighted by atomic mass is 9.83. The quantitative estimate of drug-likeness (QED) is 0.570. The molecule has 0 unspecified atom stereocenters. The van der Waals surface area contributed by atoms with E-state index in [9.17, 15) is 8.42 Å². The van der Waals surface area contributed by atoms with Crippen LogP contribution in [-0.4, -0.2) is 69.7 Å². The Morgan fingerprint density at radius 2 is 1.96 bits per heavy atom. The minimum absolute atomic E-state index is 0.194. The minimum atomic E-state index is -3.04. The van der Waals surface area contributed by atoms with Crippen LogP contribution in [0.1, 0.15) is 52.9 Å². The molecule has 1 N–H and O–H groups in total. The Kier molecular flexibility index (Phi) is 6.76. The summed E-state index contributed by atoms with van der Waals surface area (Å²) in [5.74, 6) is 1.05. The Bertz CT molecular complexity index is 566. The second kappa shape index (κ2) is 8.25. The summed E-state index contributed by atoms with van der Waals surface area (Å²) in [6.07, 6.45) is 6.00. The first-order valence-electron chi connectivity index (χ1n) is 9.50. The summed E-state index contributed by atoms with van der Waals surface area (Å²) in [7, 11) is -1.28. The first kappa shape index (κ1) is 20.5. The van der Waals surface area contributed by atoms with Crippen LogP contribution >= 0.6 is 0 Å². The van der Waals surface area contributed by atoms with Gasteiger partial charge in [-0.25, -0.2) is 8.42 Å². The molecular formula is C18H35N3O3S. The molecule has 1 aliphatic carbocycles. The molecule has 25 heavy (non-hydrogen) atoms. The lowest BCUT2D eigenvalue weighted by Gasteiger charge is -2.39. The number of guanidine groups is 1. The fourth-order valence-electron chi connectivity index (χ4n) is 3.92. The lowest BCUT2D eigenvalue weighted by Crippen LogP contribution is -2.57. The zero-order valence-electron chi connectivity index (χ0n) is 16.3. The van der Waals surface area contributed by atoms with E-state index in [1.807, 2.05) is 13.8 Å². The second-order valence-electron chi connectivity index (χ2n) is 8.12. The van der Waals surface area contributed by atoms with Crippen LogP contribution in [0.4, 0.5) is 0 Å². The zero-order chi connectivity index (χ0) is 18.6. The summed E-state index contributed by atoms with van der Waals surface area (Å²) < 4.78 is 29.1. The van der Waals surface area contributed by atoms with E-state index >= 15 is 0 Å². The Morgan fingerprint density at radius 1 is 1.28 bits per heavy atom. The molecule has 0 amide bonds. The molecule has 2 fully saturated rings. The molecule has 1 heterocycles. The molecule has 1 saturated carbocycles. The Labute approximate surface area is 153 Å². The van der Waals surface area contributed by atoms with E-state index in [2.05, 4.69) is 17.1 Å². The van der Waals surface area contributed by atoms with Crippen LogP contribution in [0.25, 0.3) is 0 Å². The number of hydrogen-bond acceptors (Lipinski definition) is 4. The van der Waals surface area contributed by atoms with E-state index < -0.39 is 14.6 Å². The van der Waals surface area contributed by atoms with Crippen molar-refractivity contribution in [2.24, 2.45) is 10.4 Å². The Morgan fingerprint density at radius 3 is 2.52 bits per heavy atom. The van der Waals surface area contributed by atoms with Crippen molar-refractivity contribution in [2.75, 3.05) is 45.6 Å². The predicted octanol–water partition coefficient (Wildman–Crippen LogP) is 2.06. The van der Waals surface area contributed by atoms with Gasteiger partial charge < -0.3 is 15.0 Å². The van der Waals surface area contributed by atoms with Gasteiger partial charge in [0.15, 0.2) is 15.8 Å². The maximum atomic E-state index is 12.3. The number of methoxy groups -OCH3 is 1. The average Bonchev–Trinajstić information content (AvgIpc) is 3.01. The van der Waals surface area contributed by atoms with E-state index in [0.717, 1.165) is 32.1 Å². The van der Waals surface area contributed by atoms with Crippen LogP contribution in [0, 0.1) is 5.41 Å². The topological polar surface area (TPSA) is 71.0 Å². The maximum Gasteiger partial charge on any atom is 0.194 e. The molecule has 1 saturated heterocycles.